The molecule has 2 atom stereocenters. The number of hydrogen-bond acceptors (Lipinski definition) is 8. The quantitative estimate of drug-likeness (QED) is 0.209. The van der Waals surface area contributed by atoms with Gasteiger partial charge >= 0.3 is 5.69 Å². The summed E-state index contributed by atoms with van der Waals surface area (Å²) in [6.07, 6.45) is -1.86. The average molecular weight is 302 g/mol. The van der Waals surface area contributed by atoms with E-state index in [0.717, 1.165) is 4.57 Å². The highest BCUT2D eigenvalue weighted by Crippen LogP contribution is 1.95. The second-order valence-corrected chi connectivity index (χ2v) is 4.75. The van der Waals surface area contributed by atoms with E-state index in [1.54, 1.807) is 6.92 Å². The molecule has 1 heterocycles. The summed E-state index contributed by atoms with van der Waals surface area (Å²) in [5, 5.41) is 19.4. The van der Waals surface area contributed by atoms with Crippen LogP contribution in [0.25, 0.3) is 0 Å². The lowest BCUT2D eigenvalue weighted by atomic mass is 10.3. The number of aliphatic hydroxyl groups excluding tert-OH is 2. The predicted octanol–water partition coefficient (Wildman–Crippen LogP) is -4.03. The number of aliphatic hydroxyl groups is 2. The van der Waals surface area contributed by atoms with Gasteiger partial charge in [0.05, 0.1) is 25.3 Å². The number of hydrogen-bond donors (Lipinski definition) is 6. The Balaban J connectivity index is 3.10. The summed E-state index contributed by atoms with van der Waals surface area (Å²) >= 11 is 0. The molecule has 0 radical (unpaired) electrons. The number of aryl methyl sites for hydroxylation is 1. The SMILES string of the molecule is Cc1cc(=O)n(CC(O)CNN)c(=O)n1CC(O)CNN. The molecule has 0 bridgehead atoms. The predicted molar refractivity (Wildman–Crippen MR) is 76.1 cm³/mol. The van der Waals surface area contributed by atoms with E-state index >= 15 is 0 Å². The zero-order valence-electron chi connectivity index (χ0n) is 11.8. The van der Waals surface area contributed by atoms with Gasteiger partial charge in [0.2, 0.25) is 0 Å². The van der Waals surface area contributed by atoms with E-state index in [-0.39, 0.29) is 26.2 Å². The van der Waals surface area contributed by atoms with Gasteiger partial charge in [-0.15, -0.1) is 0 Å². The smallest absolute Gasteiger partial charge is 0.331 e. The minimum atomic E-state index is -0.979. The monoisotopic (exact) mass is 302 g/mol. The van der Waals surface area contributed by atoms with E-state index in [9.17, 15) is 19.8 Å². The maximum absolute atomic E-state index is 12.3. The highest BCUT2D eigenvalue weighted by molar-refractivity contribution is 5.00. The zero-order valence-corrected chi connectivity index (χ0v) is 11.8. The fraction of sp³-hybridized carbons (Fsp3) is 0.636. The third-order valence-electron chi connectivity index (χ3n) is 2.98. The van der Waals surface area contributed by atoms with Crippen molar-refractivity contribution in [1.82, 2.24) is 20.0 Å². The topological polar surface area (TPSA) is 161 Å². The summed E-state index contributed by atoms with van der Waals surface area (Å²) in [7, 11) is 0. The average Bonchev–Trinajstić information content (AvgIpc) is 2.40. The molecular weight excluding hydrogens is 280 g/mol. The van der Waals surface area contributed by atoms with Crippen LogP contribution in [0.15, 0.2) is 15.7 Å². The second-order valence-electron chi connectivity index (χ2n) is 4.75. The van der Waals surface area contributed by atoms with Crippen molar-refractivity contribution in [2.24, 2.45) is 11.7 Å². The maximum Gasteiger partial charge on any atom is 0.331 e. The molecule has 0 aliphatic rings. The Labute approximate surface area is 120 Å². The Morgan fingerprint density at radius 3 is 2.05 bits per heavy atom. The van der Waals surface area contributed by atoms with Gasteiger partial charge < -0.3 is 10.2 Å². The maximum atomic E-state index is 12.3. The lowest BCUT2D eigenvalue weighted by Gasteiger charge is -2.17. The third-order valence-corrected chi connectivity index (χ3v) is 2.98. The summed E-state index contributed by atoms with van der Waals surface area (Å²) in [5.74, 6) is 10.2. The molecular formula is C11H22N6O4. The van der Waals surface area contributed by atoms with E-state index in [4.69, 9.17) is 11.7 Å². The van der Waals surface area contributed by atoms with Gasteiger partial charge in [-0.25, -0.2) is 4.79 Å². The van der Waals surface area contributed by atoms with Crippen molar-refractivity contribution < 1.29 is 10.2 Å². The Kier molecular flexibility index (Phi) is 6.68. The van der Waals surface area contributed by atoms with Crippen LogP contribution in [0.3, 0.4) is 0 Å². The number of nitrogens with one attached hydrogen (secondary N) is 2. The van der Waals surface area contributed by atoms with Gasteiger partial charge in [0, 0.05) is 24.8 Å². The fourth-order valence-corrected chi connectivity index (χ4v) is 1.94. The summed E-state index contributed by atoms with van der Waals surface area (Å²) in [5.41, 5.74) is 3.87. The largest absolute Gasteiger partial charge is 0.390 e. The molecule has 1 aromatic rings. The van der Waals surface area contributed by atoms with Crippen LogP contribution in [0.1, 0.15) is 5.69 Å². The highest BCUT2D eigenvalue weighted by Gasteiger charge is 2.14. The van der Waals surface area contributed by atoms with E-state index in [1.165, 1.54) is 10.6 Å². The molecule has 0 saturated carbocycles. The van der Waals surface area contributed by atoms with Crippen molar-refractivity contribution in [2.75, 3.05) is 13.1 Å². The van der Waals surface area contributed by atoms with Crippen LogP contribution in [0, 0.1) is 6.92 Å². The first-order valence-corrected chi connectivity index (χ1v) is 6.45. The van der Waals surface area contributed by atoms with Crippen molar-refractivity contribution in [3.05, 3.63) is 32.6 Å². The Hall–Kier alpha value is -1.56. The van der Waals surface area contributed by atoms with Crippen LogP contribution in [0.5, 0.6) is 0 Å². The van der Waals surface area contributed by atoms with Gasteiger partial charge in [0.25, 0.3) is 5.56 Å². The van der Waals surface area contributed by atoms with Crippen LogP contribution in [0.4, 0.5) is 0 Å². The van der Waals surface area contributed by atoms with E-state index in [2.05, 4.69) is 10.9 Å². The normalized spacial score (nSPS) is 14.1. The lowest BCUT2D eigenvalue weighted by molar-refractivity contribution is 0.140. The summed E-state index contributed by atoms with van der Waals surface area (Å²) in [4.78, 5) is 24.1. The number of nitrogens with two attached hydrogens (primary N) is 2. The van der Waals surface area contributed by atoms with E-state index in [1.807, 2.05) is 0 Å². The Morgan fingerprint density at radius 2 is 1.57 bits per heavy atom. The van der Waals surface area contributed by atoms with Crippen molar-refractivity contribution in [2.45, 2.75) is 32.2 Å². The Morgan fingerprint density at radius 1 is 1.10 bits per heavy atom. The highest BCUT2D eigenvalue weighted by atomic mass is 16.3. The van der Waals surface area contributed by atoms with Gasteiger partial charge in [-0.3, -0.25) is 36.5 Å². The number of nitrogens with zero attached hydrogens (tertiary/aromatic N) is 2. The van der Waals surface area contributed by atoms with Crippen LogP contribution < -0.4 is 33.8 Å². The van der Waals surface area contributed by atoms with Crippen LogP contribution in [0.2, 0.25) is 0 Å². The van der Waals surface area contributed by atoms with E-state index < -0.39 is 23.5 Å². The first kappa shape index (κ1) is 17.5. The molecule has 0 saturated heterocycles. The first-order valence-electron chi connectivity index (χ1n) is 6.45. The van der Waals surface area contributed by atoms with Crippen molar-refractivity contribution in [3.63, 3.8) is 0 Å². The Bertz CT molecular complexity index is 569. The third kappa shape index (κ3) is 4.74. The molecule has 8 N–H and O–H groups in total. The van der Waals surface area contributed by atoms with Gasteiger partial charge in [0.15, 0.2) is 0 Å². The minimum Gasteiger partial charge on any atom is -0.390 e. The van der Waals surface area contributed by atoms with E-state index in [0.29, 0.717) is 5.69 Å². The molecule has 1 rings (SSSR count). The second kappa shape index (κ2) is 8.02. The molecule has 21 heavy (non-hydrogen) atoms. The molecule has 10 nitrogen and oxygen atoms in total. The van der Waals surface area contributed by atoms with Crippen molar-refractivity contribution in [3.8, 4) is 0 Å². The van der Waals surface area contributed by atoms with Crippen LogP contribution in [-0.2, 0) is 13.1 Å². The zero-order chi connectivity index (χ0) is 16.0. The number of hydrazine groups is 2. The molecule has 2 unspecified atom stereocenters. The molecule has 0 aromatic carbocycles. The summed E-state index contributed by atoms with van der Waals surface area (Å²) < 4.78 is 2.16. The molecule has 120 valence electrons. The fourth-order valence-electron chi connectivity index (χ4n) is 1.94. The van der Waals surface area contributed by atoms with Gasteiger partial charge in [-0.2, -0.15) is 0 Å². The lowest BCUT2D eigenvalue weighted by Crippen LogP contribution is -2.47. The van der Waals surface area contributed by atoms with Crippen molar-refractivity contribution >= 4 is 0 Å². The first-order chi connectivity index (χ1) is 9.90. The molecule has 10 heteroatoms. The molecule has 1 aromatic heterocycles. The molecule has 0 fully saturated rings. The van der Waals surface area contributed by atoms with Gasteiger partial charge in [-0.05, 0) is 6.92 Å². The van der Waals surface area contributed by atoms with Gasteiger partial charge in [0.1, 0.15) is 0 Å². The molecule has 0 aliphatic carbocycles. The minimum absolute atomic E-state index is 0.0135. The van der Waals surface area contributed by atoms with Crippen LogP contribution in [-0.4, -0.2) is 44.6 Å². The standard InChI is InChI=1S/C11H22N6O4/c1-7-2-10(20)17(6-9(19)4-15-13)11(21)16(7)5-8(18)3-14-12/h2,8-9,14-15,18-19H,3-6,12-13H2,1H3. The molecule has 0 aliphatic heterocycles. The molecule has 0 amide bonds. The number of rotatable bonds is 8. The summed E-state index contributed by atoms with van der Waals surface area (Å²) in [6, 6.07) is 1.27. The number of aromatic nitrogens is 2. The van der Waals surface area contributed by atoms with Crippen LogP contribution >= 0.6 is 0 Å². The molecule has 0 spiro atoms. The summed E-state index contributed by atoms with van der Waals surface area (Å²) in [6.45, 7) is 1.53. The van der Waals surface area contributed by atoms with Crippen molar-refractivity contribution in [1.29, 1.82) is 0 Å². The van der Waals surface area contributed by atoms with Gasteiger partial charge in [-0.1, -0.05) is 0 Å².